The van der Waals surface area contributed by atoms with Crippen LogP contribution >= 0.6 is 0 Å². The van der Waals surface area contributed by atoms with Crippen LogP contribution in [0.4, 0.5) is 5.69 Å². The van der Waals surface area contributed by atoms with Crippen molar-refractivity contribution < 1.29 is 0 Å². The molecule has 0 fully saturated rings. The number of benzene rings is 2. The largest absolute Gasteiger partial charge is 0.301 e. The van der Waals surface area contributed by atoms with Crippen molar-refractivity contribution in [2.24, 2.45) is 0 Å². The summed E-state index contributed by atoms with van der Waals surface area (Å²) in [6.07, 6.45) is 1.17. The number of rotatable bonds is 3. The van der Waals surface area contributed by atoms with Crippen molar-refractivity contribution in [1.29, 1.82) is 0 Å². The molecule has 0 bridgehead atoms. The minimum atomic E-state index is 0.530. The fourth-order valence-corrected chi connectivity index (χ4v) is 4.62. The smallest absolute Gasteiger partial charge is 0.145 e. The summed E-state index contributed by atoms with van der Waals surface area (Å²) in [5, 5.41) is 0. The van der Waals surface area contributed by atoms with E-state index in [2.05, 4.69) is 80.4 Å². The Bertz CT molecular complexity index is 776. The third kappa shape index (κ3) is 2.25. The van der Waals surface area contributed by atoms with Gasteiger partial charge in [0.15, 0.2) is 0 Å². The Morgan fingerprint density at radius 2 is 1.71 bits per heavy atom. The lowest BCUT2D eigenvalue weighted by atomic mass is 10.0. The normalized spacial score (nSPS) is 23.5. The average molecular weight is 319 g/mol. The Hall–Kier alpha value is -1.90. The van der Waals surface area contributed by atoms with Crippen molar-refractivity contribution in [3.05, 3.63) is 71.4 Å². The molecule has 2 nitrogen and oxygen atoms in total. The number of para-hydroxylation sites is 1. The molecule has 0 saturated carbocycles. The predicted octanol–water partition coefficient (Wildman–Crippen LogP) is 4.66. The van der Waals surface area contributed by atoms with E-state index in [1.54, 1.807) is 11.3 Å². The molecule has 0 spiro atoms. The summed E-state index contributed by atoms with van der Waals surface area (Å²) in [5.74, 6) is 0. The van der Waals surface area contributed by atoms with Gasteiger partial charge >= 0.3 is 0 Å². The van der Waals surface area contributed by atoms with Crippen LogP contribution in [0.1, 0.15) is 31.4 Å². The van der Waals surface area contributed by atoms with Crippen LogP contribution in [0.25, 0.3) is 5.57 Å². The highest BCUT2D eigenvalue weighted by molar-refractivity contribution is 5.87. The molecule has 1 unspecified atom stereocenters. The molecular formula is C22H27N2+. The summed E-state index contributed by atoms with van der Waals surface area (Å²) in [6.45, 7) is 8.06. The minimum absolute atomic E-state index is 0.530. The van der Waals surface area contributed by atoms with Crippen molar-refractivity contribution in [3.8, 4) is 0 Å². The molecular weight excluding hydrogens is 292 g/mol. The van der Waals surface area contributed by atoms with Crippen LogP contribution in [0.2, 0.25) is 0 Å². The van der Waals surface area contributed by atoms with Crippen molar-refractivity contribution in [2.45, 2.75) is 32.9 Å². The summed E-state index contributed by atoms with van der Waals surface area (Å²) in [6, 6.07) is 20.6. The predicted molar refractivity (Wildman–Crippen MR) is 103 cm³/mol. The molecule has 4 rings (SSSR count). The molecule has 2 heteroatoms. The minimum Gasteiger partial charge on any atom is -0.301 e. The van der Waals surface area contributed by atoms with E-state index in [-0.39, 0.29) is 0 Å². The van der Waals surface area contributed by atoms with Crippen molar-refractivity contribution in [1.82, 2.24) is 9.38 Å². The van der Waals surface area contributed by atoms with Gasteiger partial charge in [0.1, 0.15) is 17.9 Å². The first-order valence-electron chi connectivity index (χ1n) is 9.05. The van der Waals surface area contributed by atoms with Gasteiger partial charge in [0.25, 0.3) is 0 Å². The SMILES string of the molecule is CC(C)[N+]1(Cc2ccccc2)C2=C(CN(C)CC2)c2ccccc21. The Morgan fingerprint density at radius 3 is 2.46 bits per heavy atom. The maximum atomic E-state index is 2.46. The zero-order valence-corrected chi connectivity index (χ0v) is 15.0. The fraction of sp³-hybridized carbons (Fsp3) is 0.364. The van der Waals surface area contributed by atoms with Crippen LogP contribution in [0.5, 0.6) is 0 Å². The lowest BCUT2D eigenvalue weighted by Gasteiger charge is -2.42. The maximum Gasteiger partial charge on any atom is 0.145 e. The van der Waals surface area contributed by atoms with Gasteiger partial charge in [-0.1, -0.05) is 42.5 Å². The standard InChI is InChI=1S/C22H27N2/c1-17(2)24(16-18-9-5-4-6-10-18)21-12-8-7-11-19(21)20-15-23(3)14-13-22(20)24/h4-12,17H,13-16H2,1-3H3/q+1. The highest BCUT2D eigenvalue weighted by Gasteiger charge is 2.48. The van der Waals surface area contributed by atoms with Crippen LogP contribution in [0.15, 0.2) is 60.3 Å². The molecule has 0 amide bonds. The van der Waals surface area contributed by atoms with Gasteiger partial charge < -0.3 is 4.90 Å². The zero-order chi connectivity index (χ0) is 16.7. The number of fused-ring (bicyclic) bond motifs is 2. The second kappa shape index (κ2) is 5.87. The van der Waals surface area contributed by atoms with E-state index < -0.39 is 0 Å². The van der Waals surface area contributed by atoms with Gasteiger partial charge in [-0.2, -0.15) is 0 Å². The third-order valence-electron chi connectivity index (χ3n) is 5.80. The van der Waals surface area contributed by atoms with Gasteiger partial charge in [0.05, 0.1) is 6.04 Å². The number of likely N-dealkylation sites (N-methyl/N-ethyl adjacent to an activating group) is 1. The summed E-state index contributed by atoms with van der Waals surface area (Å²) in [4.78, 5) is 2.46. The van der Waals surface area contributed by atoms with E-state index in [9.17, 15) is 0 Å². The molecule has 0 radical (unpaired) electrons. The molecule has 24 heavy (non-hydrogen) atoms. The number of quaternary nitrogens is 1. The van der Waals surface area contributed by atoms with Crippen LogP contribution in [-0.2, 0) is 6.54 Å². The monoisotopic (exact) mass is 319 g/mol. The molecule has 0 aromatic heterocycles. The second-order valence-electron chi connectivity index (χ2n) is 7.54. The second-order valence-corrected chi connectivity index (χ2v) is 7.54. The van der Waals surface area contributed by atoms with Crippen LogP contribution in [0.3, 0.4) is 0 Å². The molecule has 2 aromatic carbocycles. The molecule has 2 aliphatic heterocycles. The summed E-state index contributed by atoms with van der Waals surface area (Å²) in [7, 11) is 2.24. The van der Waals surface area contributed by atoms with E-state index in [1.807, 2.05) is 0 Å². The molecule has 124 valence electrons. The Balaban J connectivity index is 1.91. The highest BCUT2D eigenvalue weighted by Crippen LogP contribution is 2.50. The quantitative estimate of drug-likeness (QED) is 0.744. The maximum absolute atomic E-state index is 2.46. The van der Waals surface area contributed by atoms with Gasteiger partial charge in [0.2, 0.25) is 0 Å². The van der Waals surface area contributed by atoms with Crippen LogP contribution in [0, 0.1) is 0 Å². The molecule has 2 aromatic rings. The van der Waals surface area contributed by atoms with Gasteiger partial charge in [-0.25, -0.2) is 0 Å². The molecule has 2 heterocycles. The first-order valence-corrected chi connectivity index (χ1v) is 9.05. The summed E-state index contributed by atoms with van der Waals surface area (Å²) in [5.41, 5.74) is 7.62. The zero-order valence-electron chi connectivity index (χ0n) is 15.0. The number of hydrogen-bond donors (Lipinski definition) is 0. The van der Waals surface area contributed by atoms with Gasteiger partial charge in [-0.3, -0.25) is 4.48 Å². The lowest BCUT2D eigenvalue weighted by molar-refractivity contribution is 0.251. The van der Waals surface area contributed by atoms with E-state index >= 15 is 0 Å². The molecule has 0 aliphatic carbocycles. The van der Waals surface area contributed by atoms with Crippen LogP contribution in [-0.4, -0.2) is 31.1 Å². The van der Waals surface area contributed by atoms with E-state index in [0.29, 0.717) is 6.04 Å². The first kappa shape index (κ1) is 15.6. The topological polar surface area (TPSA) is 3.24 Å². The van der Waals surface area contributed by atoms with Crippen molar-refractivity contribution in [2.75, 3.05) is 20.1 Å². The number of hydrogen-bond acceptors (Lipinski definition) is 1. The Labute approximate surface area is 145 Å². The molecule has 2 aliphatic rings. The first-order chi connectivity index (χ1) is 11.6. The average Bonchev–Trinajstić information content (AvgIpc) is 2.87. The van der Waals surface area contributed by atoms with Crippen LogP contribution < -0.4 is 4.48 Å². The van der Waals surface area contributed by atoms with Gasteiger partial charge in [-0.05, 0) is 27.0 Å². The van der Waals surface area contributed by atoms with Gasteiger partial charge in [0, 0.05) is 42.3 Å². The Kier molecular flexibility index (Phi) is 3.82. The van der Waals surface area contributed by atoms with Gasteiger partial charge in [-0.15, -0.1) is 0 Å². The van der Waals surface area contributed by atoms with E-state index in [1.165, 1.54) is 23.2 Å². The third-order valence-corrected chi connectivity index (χ3v) is 5.80. The molecule has 1 atom stereocenters. The Morgan fingerprint density at radius 1 is 1.00 bits per heavy atom. The molecule has 0 saturated heterocycles. The highest BCUT2D eigenvalue weighted by atomic mass is 15.4. The summed E-state index contributed by atoms with van der Waals surface area (Å²) >= 11 is 0. The fourth-order valence-electron chi connectivity index (χ4n) is 4.62. The van der Waals surface area contributed by atoms with E-state index in [0.717, 1.165) is 24.1 Å². The van der Waals surface area contributed by atoms with Crippen molar-refractivity contribution in [3.63, 3.8) is 0 Å². The lowest BCUT2D eigenvalue weighted by Crippen LogP contribution is -2.52. The number of nitrogens with zero attached hydrogens (tertiary/aromatic N) is 2. The molecule has 0 N–H and O–H groups in total. The van der Waals surface area contributed by atoms with Crippen molar-refractivity contribution >= 4 is 11.3 Å². The van der Waals surface area contributed by atoms with E-state index in [4.69, 9.17) is 0 Å². The summed E-state index contributed by atoms with van der Waals surface area (Å²) < 4.78 is 1.00.